The molecule has 3 rings (SSSR count). The van der Waals surface area contributed by atoms with E-state index in [1.165, 1.54) is 22.1 Å². The van der Waals surface area contributed by atoms with Crippen LogP contribution in [0, 0.1) is 18.8 Å². The topological polar surface area (TPSA) is 89.8 Å². The number of hydrogen-bond acceptors (Lipinski definition) is 7. The molecule has 1 unspecified atom stereocenters. The Kier molecular flexibility index (Phi) is 10.1. The summed E-state index contributed by atoms with van der Waals surface area (Å²) in [5.74, 6) is 5.06. The standard InChI is InChI=1S/C28H34F3N5O4/c1-6-8-10-22(40-28(29,30)31)17-21(7-2)32-26-33-24-23(36(26)18-20-13-11-19(3)12-14-20)25(37)35(15-9-16-39-5)27(38)34(24)4/h7,11-14,17,26,32-33H,9-10,15-16,18H2,1-5H3/b21-7+,22-17+. The Morgan fingerprint density at radius 1 is 1.23 bits per heavy atom. The van der Waals surface area contributed by atoms with Gasteiger partial charge in [0.25, 0.3) is 5.56 Å². The number of methoxy groups -OCH3 is 1. The lowest BCUT2D eigenvalue weighted by Crippen LogP contribution is -2.47. The smallest absolute Gasteiger partial charge is 0.409 e. The summed E-state index contributed by atoms with van der Waals surface area (Å²) in [7, 11) is 3.10. The molecule has 1 aliphatic heterocycles. The third kappa shape index (κ3) is 7.51. The minimum Gasteiger partial charge on any atom is -0.409 e. The number of rotatable bonds is 11. The van der Waals surface area contributed by atoms with Crippen molar-refractivity contribution in [2.24, 2.45) is 7.05 Å². The first kappa shape index (κ1) is 30.4. The highest BCUT2D eigenvalue weighted by Gasteiger charge is 2.36. The van der Waals surface area contributed by atoms with Gasteiger partial charge >= 0.3 is 12.1 Å². The molecule has 0 spiro atoms. The Bertz CT molecular complexity index is 1430. The number of allylic oxidation sites excluding steroid dienone is 3. The van der Waals surface area contributed by atoms with Gasteiger partial charge in [-0.05, 0) is 32.8 Å². The van der Waals surface area contributed by atoms with E-state index in [1.54, 1.807) is 32.1 Å². The number of aromatic nitrogens is 2. The van der Waals surface area contributed by atoms with Gasteiger partial charge in [0.2, 0.25) is 0 Å². The number of benzene rings is 1. The van der Waals surface area contributed by atoms with E-state index in [4.69, 9.17) is 4.74 Å². The van der Waals surface area contributed by atoms with E-state index in [0.29, 0.717) is 24.5 Å². The monoisotopic (exact) mass is 561 g/mol. The second-order valence-corrected chi connectivity index (χ2v) is 9.15. The zero-order valence-corrected chi connectivity index (χ0v) is 23.2. The van der Waals surface area contributed by atoms with Crippen LogP contribution in [0.2, 0.25) is 0 Å². The highest BCUT2D eigenvalue weighted by atomic mass is 19.4. The molecule has 0 bridgehead atoms. The van der Waals surface area contributed by atoms with Gasteiger partial charge in [0, 0.05) is 45.6 Å². The summed E-state index contributed by atoms with van der Waals surface area (Å²) in [6.07, 6.45) is -2.65. The van der Waals surface area contributed by atoms with Crippen LogP contribution in [0.15, 0.2) is 57.5 Å². The third-order valence-electron chi connectivity index (χ3n) is 6.22. The summed E-state index contributed by atoms with van der Waals surface area (Å²) in [5.41, 5.74) is 1.55. The van der Waals surface area contributed by atoms with E-state index in [0.717, 1.165) is 11.1 Å². The van der Waals surface area contributed by atoms with Gasteiger partial charge in [0.05, 0.1) is 6.42 Å². The molecule has 1 aromatic heterocycles. The Morgan fingerprint density at radius 3 is 2.52 bits per heavy atom. The third-order valence-corrected chi connectivity index (χ3v) is 6.22. The van der Waals surface area contributed by atoms with Crippen molar-refractivity contribution in [1.82, 2.24) is 14.5 Å². The van der Waals surface area contributed by atoms with Crippen LogP contribution >= 0.6 is 0 Å². The number of anilines is 2. The molecule has 0 radical (unpaired) electrons. The number of aryl methyl sites for hydroxylation is 1. The van der Waals surface area contributed by atoms with Crippen molar-refractivity contribution in [3.05, 3.63) is 79.8 Å². The summed E-state index contributed by atoms with van der Waals surface area (Å²) < 4.78 is 50.9. The van der Waals surface area contributed by atoms with Crippen LogP contribution in [-0.2, 0) is 29.6 Å². The lowest BCUT2D eigenvalue weighted by molar-refractivity contribution is -0.305. The van der Waals surface area contributed by atoms with Crippen LogP contribution < -0.4 is 26.8 Å². The Hall–Kier alpha value is -4.11. The van der Waals surface area contributed by atoms with E-state index in [2.05, 4.69) is 27.2 Å². The summed E-state index contributed by atoms with van der Waals surface area (Å²) in [5, 5.41) is 6.32. The molecular weight excluding hydrogens is 527 g/mol. The van der Waals surface area contributed by atoms with Crippen LogP contribution in [-0.4, -0.2) is 35.5 Å². The zero-order chi connectivity index (χ0) is 29.4. The van der Waals surface area contributed by atoms with Gasteiger partial charge in [-0.25, -0.2) is 4.79 Å². The second-order valence-electron chi connectivity index (χ2n) is 9.15. The average Bonchev–Trinajstić information content (AvgIpc) is 3.25. The molecule has 1 aromatic carbocycles. The fourth-order valence-corrected chi connectivity index (χ4v) is 4.23. The highest BCUT2D eigenvalue weighted by Crippen LogP contribution is 2.31. The van der Waals surface area contributed by atoms with Gasteiger partial charge in [0.15, 0.2) is 6.29 Å². The minimum atomic E-state index is -4.88. The zero-order valence-electron chi connectivity index (χ0n) is 23.2. The SMILES string of the molecule is CC#CC/C(=C\C(=C/C)NC1Nc2c(c(=O)n(CCCOC)c(=O)n2C)N1Cc1ccc(C)cc1)OC(F)(F)F. The van der Waals surface area contributed by atoms with E-state index < -0.39 is 29.7 Å². The largest absolute Gasteiger partial charge is 0.572 e. The van der Waals surface area contributed by atoms with E-state index in [9.17, 15) is 22.8 Å². The van der Waals surface area contributed by atoms with Crippen LogP contribution in [0.5, 0.6) is 0 Å². The lowest BCUT2D eigenvalue weighted by atomic mass is 10.1. The number of nitrogens with one attached hydrogen (secondary N) is 2. The van der Waals surface area contributed by atoms with Crippen LogP contribution in [0.3, 0.4) is 0 Å². The summed E-state index contributed by atoms with van der Waals surface area (Å²) in [6, 6.07) is 7.75. The Morgan fingerprint density at radius 2 is 1.93 bits per heavy atom. The molecule has 1 atom stereocenters. The fourth-order valence-electron chi connectivity index (χ4n) is 4.23. The number of fused-ring (bicyclic) bond motifs is 1. The van der Waals surface area contributed by atoms with Crippen molar-refractivity contribution in [2.75, 3.05) is 23.9 Å². The number of ether oxygens (including phenoxy) is 2. The van der Waals surface area contributed by atoms with Crippen molar-refractivity contribution in [3.63, 3.8) is 0 Å². The maximum Gasteiger partial charge on any atom is 0.572 e. The summed E-state index contributed by atoms with van der Waals surface area (Å²) in [6.45, 7) is 5.96. The first-order valence-electron chi connectivity index (χ1n) is 12.7. The average molecular weight is 562 g/mol. The number of halogens is 3. The lowest BCUT2D eigenvalue weighted by Gasteiger charge is -2.28. The molecule has 12 heteroatoms. The predicted molar refractivity (Wildman–Crippen MR) is 147 cm³/mol. The number of alkyl halides is 3. The molecule has 2 aromatic rings. The molecule has 2 heterocycles. The Labute approximate surface area is 230 Å². The first-order chi connectivity index (χ1) is 19.0. The van der Waals surface area contributed by atoms with Gasteiger partial charge in [-0.2, -0.15) is 0 Å². The molecule has 1 aliphatic rings. The van der Waals surface area contributed by atoms with Gasteiger partial charge in [0.1, 0.15) is 17.3 Å². The fraction of sp³-hybridized carbons (Fsp3) is 0.429. The van der Waals surface area contributed by atoms with Crippen LogP contribution in [0.4, 0.5) is 24.7 Å². The predicted octanol–water partition coefficient (Wildman–Crippen LogP) is 3.93. The van der Waals surface area contributed by atoms with Gasteiger partial charge in [-0.3, -0.25) is 13.9 Å². The molecule has 0 aliphatic carbocycles. The van der Waals surface area contributed by atoms with Crippen molar-refractivity contribution < 1.29 is 22.6 Å². The van der Waals surface area contributed by atoms with Gasteiger partial charge < -0.3 is 25.0 Å². The second kappa shape index (κ2) is 13.3. The molecule has 0 saturated heterocycles. The molecular formula is C28H34F3N5O4. The maximum absolute atomic E-state index is 13.6. The van der Waals surface area contributed by atoms with Gasteiger partial charge in [-0.1, -0.05) is 41.8 Å². The molecule has 216 valence electrons. The summed E-state index contributed by atoms with van der Waals surface area (Å²) in [4.78, 5) is 28.5. The van der Waals surface area contributed by atoms with Crippen LogP contribution in [0.1, 0.15) is 37.8 Å². The first-order valence-corrected chi connectivity index (χ1v) is 12.7. The molecule has 2 N–H and O–H groups in total. The van der Waals surface area contributed by atoms with Crippen molar-refractivity contribution in [1.29, 1.82) is 0 Å². The summed E-state index contributed by atoms with van der Waals surface area (Å²) >= 11 is 0. The molecule has 0 saturated carbocycles. The van der Waals surface area contributed by atoms with Crippen molar-refractivity contribution >= 4 is 11.5 Å². The van der Waals surface area contributed by atoms with E-state index in [-0.39, 0.29) is 25.2 Å². The number of hydrogen-bond donors (Lipinski definition) is 2. The Balaban J connectivity index is 2.05. The van der Waals surface area contributed by atoms with Crippen molar-refractivity contribution in [2.45, 2.75) is 59.4 Å². The van der Waals surface area contributed by atoms with Crippen molar-refractivity contribution in [3.8, 4) is 11.8 Å². The minimum absolute atomic E-state index is 0.169. The maximum atomic E-state index is 13.6. The molecule has 0 fully saturated rings. The normalized spacial score (nSPS) is 15.3. The number of nitrogens with zero attached hydrogens (tertiary/aromatic N) is 3. The highest BCUT2D eigenvalue weighted by molar-refractivity contribution is 5.72. The van der Waals surface area contributed by atoms with E-state index >= 15 is 0 Å². The van der Waals surface area contributed by atoms with E-state index in [1.807, 2.05) is 31.2 Å². The molecule has 0 amide bonds. The molecule has 9 nitrogen and oxygen atoms in total. The van der Waals surface area contributed by atoms with Gasteiger partial charge in [-0.15, -0.1) is 19.1 Å². The van der Waals surface area contributed by atoms with Crippen LogP contribution in [0.25, 0.3) is 0 Å². The quantitative estimate of drug-likeness (QED) is 0.186. The molecule has 40 heavy (non-hydrogen) atoms.